The van der Waals surface area contributed by atoms with E-state index in [9.17, 15) is 4.79 Å². The fraction of sp³-hybridized carbons (Fsp3) is 0.474. The normalized spacial score (nSPS) is 14.4. The highest BCUT2D eigenvalue weighted by Crippen LogP contribution is 2.38. The Hall–Kier alpha value is -4.48. The molecule has 1 fully saturated rings. The van der Waals surface area contributed by atoms with E-state index in [1.165, 1.54) is 5.56 Å². The summed E-state index contributed by atoms with van der Waals surface area (Å²) in [5.41, 5.74) is 3.81. The first-order chi connectivity index (χ1) is 23.9. The van der Waals surface area contributed by atoms with Crippen molar-refractivity contribution in [3.8, 4) is 23.0 Å². The van der Waals surface area contributed by atoms with Crippen LogP contribution in [0, 0.1) is 0 Å². The standard InChI is InChI=1S/C38H51N5O6/c1-7-49-24-23-43-33-12-9-8-11-32(33)39-38(43)42-19-10-18-41(21-22-42)20-17-29(28-13-15-31(45-3)16-14-28)27-40(2)37(44)30-25-34(46-4)36(48-6)35(26-30)47-5/h8-9,11-16,25-26,29H,7,10,17-24,27H2,1-6H3. The van der Waals surface area contributed by atoms with Crippen LogP contribution in [0.15, 0.2) is 60.7 Å². The van der Waals surface area contributed by atoms with E-state index < -0.39 is 0 Å². The summed E-state index contributed by atoms with van der Waals surface area (Å²) in [7, 11) is 8.18. The van der Waals surface area contributed by atoms with Gasteiger partial charge in [-0.2, -0.15) is 0 Å². The summed E-state index contributed by atoms with van der Waals surface area (Å²) in [4.78, 5) is 25.6. The number of hydrogen-bond donors (Lipinski definition) is 0. The summed E-state index contributed by atoms with van der Waals surface area (Å²) < 4.78 is 29.9. The predicted molar refractivity (Wildman–Crippen MR) is 193 cm³/mol. The van der Waals surface area contributed by atoms with Crippen molar-refractivity contribution < 1.29 is 28.5 Å². The van der Waals surface area contributed by atoms with Crippen LogP contribution in [0.3, 0.4) is 0 Å². The van der Waals surface area contributed by atoms with Crippen LogP contribution in [-0.2, 0) is 11.3 Å². The number of benzene rings is 3. The van der Waals surface area contributed by atoms with Gasteiger partial charge in [-0.05, 0) is 74.8 Å². The number of hydrogen-bond acceptors (Lipinski definition) is 9. The van der Waals surface area contributed by atoms with Gasteiger partial charge in [-0.1, -0.05) is 24.3 Å². The number of imidazole rings is 1. The maximum Gasteiger partial charge on any atom is 0.253 e. The molecule has 264 valence electrons. The predicted octanol–water partition coefficient (Wildman–Crippen LogP) is 5.57. The first-order valence-electron chi connectivity index (χ1n) is 17.1. The Morgan fingerprint density at radius 1 is 0.878 bits per heavy atom. The maximum absolute atomic E-state index is 13.8. The number of amides is 1. The van der Waals surface area contributed by atoms with Crippen molar-refractivity contribution in [1.82, 2.24) is 19.4 Å². The van der Waals surface area contributed by atoms with E-state index in [0.717, 1.165) is 74.8 Å². The van der Waals surface area contributed by atoms with E-state index in [1.54, 1.807) is 45.5 Å². The summed E-state index contributed by atoms with van der Waals surface area (Å²) >= 11 is 0. The summed E-state index contributed by atoms with van der Waals surface area (Å²) in [6, 6.07) is 20.0. The highest BCUT2D eigenvalue weighted by molar-refractivity contribution is 5.95. The van der Waals surface area contributed by atoms with Gasteiger partial charge in [0.05, 0.1) is 46.1 Å². The second-order valence-corrected chi connectivity index (χ2v) is 12.3. The van der Waals surface area contributed by atoms with Crippen LogP contribution < -0.4 is 23.8 Å². The molecule has 1 amide bonds. The lowest BCUT2D eigenvalue weighted by Crippen LogP contribution is -2.35. The minimum absolute atomic E-state index is 0.115. The van der Waals surface area contributed by atoms with Gasteiger partial charge >= 0.3 is 0 Å². The molecule has 0 saturated carbocycles. The SMILES string of the molecule is CCOCCn1c(N2CCCN(CCC(CN(C)C(=O)c3cc(OC)c(OC)c(OC)c3)c3ccc(OC)cc3)CC2)nc2ccccc21. The van der Waals surface area contributed by atoms with Gasteiger partial charge < -0.3 is 43.0 Å². The molecule has 0 bridgehead atoms. The van der Waals surface area contributed by atoms with E-state index in [-0.39, 0.29) is 11.8 Å². The molecule has 1 atom stereocenters. The molecule has 1 aromatic heterocycles. The average Bonchev–Trinajstić information content (AvgIpc) is 3.33. The monoisotopic (exact) mass is 673 g/mol. The van der Waals surface area contributed by atoms with E-state index in [4.69, 9.17) is 28.7 Å². The summed E-state index contributed by atoms with van der Waals surface area (Å²) in [6.45, 7) is 9.41. The summed E-state index contributed by atoms with van der Waals surface area (Å²) in [5, 5.41) is 0. The Morgan fingerprint density at radius 2 is 1.61 bits per heavy atom. The fourth-order valence-corrected chi connectivity index (χ4v) is 6.64. The lowest BCUT2D eigenvalue weighted by molar-refractivity contribution is 0.0782. The first-order valence-corrected chi connectivity index (χ1v) is 17.1. The van der Waals surface area contributed by atoms with Crippen LogP contribution in [0.2, 0.25) is 0 Å². The van der Waals surface area contributed by atoms with E-state index >= 15 is 0 Å². The number of aromatic nitrogens is 2. The Labute approximate surface area is 290 Å². The molecule has 1 saturated heterocycles. The Bertz CT molecular complexity index is 1630. The van der Waals surface area contributed by atoms with Crippen molar-refractivity contribution >= 4 is 22.9 Å². The third kappa shape index (κ3) is 8.58. The summed E-state index contributed by atoms with van der Waals surface area (Å²) in [5.74, 6) is 3.18. The molecule has 11 heteroatoms. The van der Waals surface area contributed by atoms with Crippen LogP contribution in [0.5, 0.6) is 23.0 Å². The second-order valence-electron chi connectivity index (χ2n) is 12.3. The van der Waals surface area contributed by atoms with Crippen LogP contribution in [0.25, 0.3) is 11.0 Å². The Morgan fingerprint density at radius 3 is 2.29 bits per heavy atom. The van der Waals surface area contributed by atoms with Crippen LogP contribution >= 0.6 is 0 Å². The lowest BCUT2D eigenvalue weighted by Gasteiger charge is -2.28. The zero-order chi connectivity index (χ0) is 34.8. The largest absolute Gasteiger partial charge is 0.497 e. The fourth-order valence-electron chi connectivity index (χ4n) is 6.64. The molecule has 1 aliphatic heterocycles. The van der Waals surface area contributed by atoms with Crippen LogP contribution in [-0.4, -0.2) is 113 Å². The molecule has 5 rings (SSSR count). The number of methoxy groups -OCH3 is 4. The molecule has 49 heavy (non-hydrogen) atoms. The van der Waals surface area contributed by atoms with Crippen molar-refractivity contribution in [3.63, 3.8) is 0 Å². The van der Waals surface area contributed by atoms with Crippen molar-refractivity contribution in [2.75, 3.05) is 92.9 Å². The highest BCUT2D eigenvalue weighted by Gasteiger charge is 2.25. The van der Waals surface area contributed by atoms with Gasteiger partial charge in [0.1, 0.15) is 5.75 Å². The number of para-hydroxylation sites is 2. The topological polar surface area (TPSA) is 90.8 Å². The number of anilines is 1. The maximum atomic E-state index is 13.8. The van der Waals surface area contributed by atoms with Crippen molar-refractivity contribution in [1.29, 1.82) is 0 Å². The van der Waals surface area contributed by atoms with Gasteiger partial charge in [-0.3, -0.25) is 4.79 Å². The van der Waals surface area contributed by atoms with Gasteiger partial charge in [0.2, 0.25) is 11.7 Å². The highest BCUT2D eigenvalue weighted by atomic mass is 16.5. The van der Waals surface area contributed by atoms with Crippen molar-refractivity contribution in [2.24, 2.45) is 0 Å². The van der Waals surface area contributed by atoms with Crippen LogP contribution in [0.4, 0.5) is 5.95 Å². The smallest absolute Gasteiger partial charge is 0.253 e. The second kappa shape index (κ2) is 17.3. The minimum Gasteiger partial charge on any atom is -0.497 e. The average molecular weight is 674 g/mol. The lowest BCUT2D eigenvalue weighted by atomic mass is 9.94. The van der Waals surface area contributed by atoms with Crippen molar-refractivity contribution in [2.45, 2.75) is 32.2 Å². The van der Waals surface area contributed by atoms with Crippen molar-refractivity contribution in [3.05, 3.63) is 71.8 Å². The van der Waals surface area contributed by atoms with Crippen LogP contribution in [0.1, 0.15) is 41.6 Å². The van der Waals surface area contributed by atoms with E-state index in [1.807, 2.05) is 32.2 Å². The van der Waals surface area contributed by atoms with Gasteiger partial charge in [0.15, 0.2) is 11.5 Å². The zero-order valence-electron chi connectivity index (χ0n) is 29.8. The number of likely N-dealkylation sites (N-methyl/N-ethyl adjacent to an activating group) is 1. The molecule has 2 heterocycles. The Balaban J connectivity index is 1.29. The quantitative estimate of drug-likeness (QED) is 0.142. The number of nitrogens with zero attached hydrogens (tertiary/aromatic N) is 5. The molecule has 3 aromatic carbocycles. The summed E-state index contributed by atoms with van der Waals surface area (Å²) in [6.07, 6.45) is 1.94. The zero-order valence-corrected chi connectivity index (χ0v) is 29.8. The molecule has 11 nitrogen and oxygen atoms in total. The molecular formula is C38H51N5O6. The molecule has 0 N–H and O–H groups in total. The number of ether oxygens (including phenoxy) is 5. The number of carbonyl (C=O) groups is 1. The van der Waals surface area contributed by atoms with E-state index in [0.29, 0.717) is 42.6 Å². The van der Waals surface area contributed by atoms with E-state index in [2.05, 4.69) is 44.7 Å². The molecule has 0 radical (unpaired) electrons. The molecule has 1 unspecified atom stereocenters. The Kier molecular flexibility index (Phi) is 12.6. The number of carbonyl (C=O) groups excluding carboxylic acids is 1. The van der Waals surface area contributed by atoms with Gasteiger partial charge in [-0.15, -0.1) is 0 Å². The third-order valence-electron chi connectivity index (χ3n) is 9.30. The minimum atomic E-state index is -0.115. The molecule has 0 spiro atoms. The number of rotatable bonds is 16. The third-order valence-corrected chi connectivity index (χ3v) is 9.30. The van der Waals surface area contributed by atoms with Gasteiger partial charge in [0.25, 0.3) is 5.91 Å². The molecular weight excluding hydrogens is 622 g/mol. The molecule has 4 aromatic rings. The van der Waals surface area contributed by atoms with Gasteiger partial charge in [0, 0.05) is 57.9 Å². The number of fused-ring (bicyclic) bond motifs is 1. The molecule has 0 aliphatic carbocycles. The first kappa shape index (κ1) is 35.8. The molecule has 1 aliphatic rings. The van der Waals surface area contributed by atoms with Gasteiger partial charge in [-0.25, -0.2) is 4.98 Å².